The fourth-order valence-corrected chi connectivity index (χ4v) is 7.86. The van der Waals surface area contributed by atoms with Gasteiger partial charge in [-0.3, -0.25) is 14.8 Å². The zero-order valence-corrected chi connectivity index (χ0v) is 30.9. The number of anilines is 1. The van der Waals surface area contributed by atoms with Crippen LogP contribution in [0.3, 0.4) is 0 Å². The van der Waals surface area contributed by atoms with Gasteiger partial charge >= 0.3 is 5.97 Å². The van der Waals surface area contributed by atoms with E-state index in [0.717, 1.165) is 85.6 Å². The summed E-state index contributed by atoms with van der Waals surface area (Å²) in [5.74, 6) is -1.25. The van der Waals surface area contributed by atoms with Gasteiger partial charge in [-0.25, -0.2) is 13.6 Å². The van der Waals surface area contributed by atoms with E-state index < -0.39 is 23.8 Å². The van der Waals surface area contributed by atoms with Crippen LogP contribution in [0.4, 0.5) is 14.5 Å². The van der Waals surface area contributed by atoms with Crippen molar-refractivity contribution in [2.45, 2.75) is 112 Å². The van der Waals surface area contributed by atoms with Crippen molar-refractivity contribution >= 4 is 11.7 Å². The molecule has 50 heavy (non-hydrogen) atoms. The minimum absolute atomic E-state index is 0.186. The summed E-state index contributed by atoms with van der Waals surface area (Å²) in [6, 6.07) is 11.6. The first-order valence-corrected chi connectivity index (χ1v) is 18.2. The summed E-state index contributed by atoms with van der Waals surface area (Å²) < 4.78 is 34.6. The van der Waals surface area contributed by atoms with Crippen molar-refractivity contribution in [3.63, 3.8) is 0 Å². The highest BCUT2D eigenvalue weighted by atomic mass is 19.1. The number of carbonyl (C=O) groups is 1. The summed E-state index contributed by atoms with van der Waals surface area (Å²) in [5.41, 5.74) is 9.01. The molecule has 4 heterocycles. The number of pyridine rings is 1. The number of likely N-dealkylation sites (tertiary alicyclic amines) is 1. The average Bonchev–Trinajstić information content (AvgIpc) is 3.44. The molecule has 0 saturated carbocycles. The van der Waals surface area contributed by atoms with Crippen molar-refractivity contribution in [3.05, 3.63) is 81.4 Å². The first-order chi connectivity index (χ1) is 23.6. The van der Waals surface area contributed by atoms with E-state index in [2.05, 4.69) is 46.7 Å². The maximum absolute atomic E-state index is 14.5. The number of carboxylic acids is 1. The molecule has 2 fully saturated rings. The summed E-state index contributed by atoms with van der Waals surface area (Å²) in [6.07, 6.45) is 1.26. The van der Waals surface area contributed by atoms with Crippen LogP contribution in [0.5, 0.6) is 0 Å². The maximum atomic E-state index is 14.5. The van der Waals surface area contributed by atoms with Gasteiger partial charge in [0.2, 0.25) is 0 Å². The summed E-state index contributed by atoms with van der Waals surface area (Å²) in [6.45, 7) is 19.6. The lowest BCUT2D eigenvalue weighted by atomic mass is 9.81. The number of hydrogen-bond donors (Lipinski definition) is 1. The molecule has 2 saturated heterocycles. The SMILES string of the molecule is Cc1cc(F)ccc1CN1CCc2cc(-c3c(CN4CC[C@@H](F)C4)nc(C)c(C(OC(C)(C)C)C(=O)O)c3N3CCC(C)(C)CC3)ccc2C1. The Labute approximate surface area is 296 Å². The van der Waals surface area contributed by atoms with Gasteiger partial charge in [0.25, 0.3) is 0 Å². The zero-order chi connectivity index (χ0) is 36.0. The van der Waals surface area contributed by atoms with Crippen molar-refractivity contribution in [1.82, 2.24) is 14.8 Å². The lowest BCUT2D eigenvalue weighted by Crippen LogP contribution is -2.39. The van der Waals surface area contributed by atoms with Gasteiger partial charge in [-0.1, -0.05) is 38.1 Å². The molecular formula is C41H54F2N4O3. The Morgan fingerprint density at radius 2 is 1.76 bits per heavy atom. The monoisotopic (exact) mass is 688 g/mol. The topological polar surface area (TPSA) is 69.1 Å². The second-order valence-corrected chi connectivity index (χ2v) is 16.5. The number of aliphatic carboxylic acids is 1. The molecule has 9 heteroatoms. The van der Waals surface area contributed by atoms with Gasteiger partial charge in [-0.15, -0.1) is 0 Å². The summed E-state index contributed by atoms with van der Waals surface area (Å²) in [7, 11) is 0. The molecule has 2 aromatic carbocycles. The first-order valence-electron chi connectivity index (χ1n) is 18.2. The fourth-order valence-electron chi connectivity index (χ4n) is 7.86. The van der Waals surface area contributed by atoms with Gasteiger partial charge in [0.05, 0.1) is 17.0 Å². The van der Waals surface area contributed by atoms with E-state index in [1.54, 1.807) is 6.07 Å². The van der Waals surface area contributed by atoms with Crippen LogP contribution in [0.25, 0.3) is 11.1 Å². The molecule has 6 rings (SSSR count). The Hall–Kier alpha value is -3.40. The Bertz CT molecular complexity index is 1730. The Morgan fingerprint density at radius 3 is 2.40 bits per heavy atom. The number of hydrogen-bond acceptors (Lipinski definition) is 6. The van der Waals surface area contributed by atoms with Crippen LogP contribution in [0.1, 0.15) is 99.2 Å². The van der Waals surface area contributed by atoms with E-state index in [9.17, 15) is 18.7 Å². The molecule has 2 atom stereocenters. The number of nitrogens with zero attached hydrogens (tertiary/aromatic N) is 4. The molecule has 0 amide bonds. The van der Waals surface area contributed by atoms with E-state index in [4.69, 9.17) is 9.72 Å². The van der Waals surface area contributed by atoms with Crippen LogP contribution in [0.2, 0.25) is 0 Å². The molecule has 0 radical (unpaired) electrons. The molecule has 270 valence electrons. The van der Waals surface area contributed by atoms with Gasteiger partial charge in [0.15, 0.2) is 6.10 Å². The summed E-state index contributed by atoms with van der Waals surface area (Å²) in [5, 5.41) is 10.7. The minimum Gasteiger partial charge on any atom is -0.479 e. The molecule has 1 unspecified atom stereocenters. The highest BCUT2D eigenvalue weighted by molar-refractivity contribution is 5.88. The van der Waals surface area contributed by atoms with Crippen LogP contribution in [0.15, 0.2) is 36.4 Å². The Kier molecular flexibility index (Phi) is 10.4. The van der Waals surface area contributed by atoms with Crippen LogP contribution in [-0.2, 0) is 35.6 Å². The van der Waals surface area contributed by atoms with Crippen LogP contribution in [-0.4, -0.2) is 70.4 Å². The third kappa shape index (κ3) is 8.21. The molecule has 3 aliphatic rings. The quantitative estimate of drug-likeness (QED) is 0.243. The van der Waals surface area contributed by atoms with Crippen molar-refractivity contribution in [2.24, 2.45) is 5.41 Å². The number of alkyl halides is 1. The Balaban J connectivity index is 1.47. The van der Waals surface area contributed by atoms with E-state index in [-0.39, 0.29) is 11.2 Å². The van der Waals surface area contributed by atoms with Gasteiger partial charge in [-0.05, 0) is 106 Å². The van der Waals surface area contributed by atoms with Crippen molar-refractivity contribution in [2.75, 3.05) is 37.6 Å². The largest absolute Gasteiger partial charge is 0.479 e. The normalized spacial score (nSPS) is 20.6. The number of fused-ring (bicyclic) bond motifs is 1. The molecule has 7 nitrogen and oxygen atoms in total. The zero-order valence-electron chi connectivity index (χ0n) is 30.9. The van der Waals surface area contributed by atoms with E-state index in [0.29, 0.717) is 37.3 Å². The van der Waals surface area contributed by atoms with E-state index in [1.165, 1.54) is 17.2 Å². The van der Waals surface area contributed by atoms with E-state index >= 15 is 0 Å². The number of benzene rings is 2. The second kappa shape index (κ2) is 14.3. The number of piperidine rings is 1. The second-order valence-electron chi connectivity index (χ2n) is 16.5. The van der Waals surface area contributed by atoms with Crippen molar-refractivity contribution in [1.29, 1.82) is 0 Å². The van der Waals surface area contributed by atoms with Gasteiger partial charge < -0.3 is 14.7 Å². The smallest absolute Gasteiger partial charge is 0.337 e. The predicted octanol–water partition coefficient (Wildman–Crippen LogP) is 8.17. The van der Waals surface area contributed by atoms with Crippen LogP contribution < -0.4 is 4.90 Å². The van der Waals surface area contributed by atoms with Crippen molar-refractivity contribution < 1.29 is 23.4 Å². The van der Waals surface area contributed by atoms with Crippen molar-refractivity contribution in [3.8, 4) is 11.1 Å². The van der Waals surface area contributed by atoms with Gasteiger partial charge in [0, 0.05) is 69.2 Å². The molecule has 1 N–H and O–H groups in total. The fraction of sp³-hybridized carbons (Fsp3) is 0.561. The molecule has 0 spiro atoms. The highest BCUT2D eigenvalue weighted by Crippen LogP contribution is 2.46. The third-order valence-corrected chi connectivity index (χ3v) is 10.7. The molecule has 3 aliphatic heterocycles. The number of rotatable bonds is 9. The molecule has 0 aliphatic carbocycles. The molecular weight excluding hydrogens is 634 g/mol. The van der Waals surface area contributed by atoms with Gasteiger partial charge in [0.1, 0.15) is 12.0 Å². The van der Waals surface area contributed by atoms with Crippen LogP contribution in [0, 0.1) is 25.1 Å². The lowest BCUT2D eigenvalue weighted by molar-refractivity contribution is -0.160. The lowest BCUT2D eigenvalue weighted by Gasteiger charge is -2.41. The minimum atomic E-state index is -1.21. The van der Waals surface area contributed by atoms with E-state index in [1.807, 2.05) is 40.7 Å². The maximum Gasteiger partial charge on any atom is 0.337 e. The number of carboxylic acid groups (broad SMARTS) is 1. The van der Waals surface area contributed by atoms with Crippen LogP contribution >= 0.6 is 0 Å². The molecule has 0 bridgehead atoms. The predicted molar refractivity (Wildman–Crippen MR) is 195 cm³/mol. The average molecular weight is 689 g/mol. The number of halogens is 2. The molecule has 1 aromatic heterocycles. The number of aryl methyl sites for hydroxylation is 2. The number of ether oxygens (including phenoxy) is 1. The third-order valence-electron chi connectivity index (χ3n) is 10.7. The standard InChI is InChI=1S/C41H54F2N4O3/c1-26-20-32(42)11-10-30(26)22-45-16-12-28-21-29(8-9-31(28)23-45)36-34(25-46-17-13-33(43)24-46)44-27(2)35(38(39(48)49)50-40(3,4)5)37(36)47-18-14-41(6,7)15-19-47/h8-11,20-21,33,38H,12-19,22-25H2,1-7H3,(H,48,49)/t33-,38?/m1/s1. The molecule has 3 aromatic rings. The summed E-state index contributed by atoms with van der Waals surface area (Å²) in [4.78, 5) is 25.1. The first kappa shape index (κ1) is 36.4. The Morgan fingerprint density at radius 1 is 1.02 bits per heavy atom. The number of aromatic nitrogens is 1. The summed E-state index contributed by atoms with van der Waals surface area (Å²) >= 11 is 0. The highest BCUT2D eigenvalue weighted by Gasteiger charge is 2.38. The van der Waals surface area contributed by atoms with Gasteiger partial charge in [-0.2, -0.15) is 0 Å².